The standard InChI is InChI=1S/C16H19Br3O2/c1-14(2)12(18)7-13(20)15(3,19)16(14)8-9-6-10(17)4-5-11(9)21-16/h4-6,12-13,20H,7-8H2,1-3H3. The van der Waals surface area contributed by atoms with Crippen LogP contribution in [0.15, 0.2) is 22.7 Å². The molecule has 2 aliphatic rings. The van der Waals surface area contributed by atoms with E-state index in [1.807, 2.05) is 12.1 Å². The fourth-order valence-electron chi connectivity index (χ4n) is 3.77. The van der Waals surface area contributed by atoms with Crippen LogP contribution in [-0.4, -0.2) is 26.0 Å². The van der Waals surface area contributed by atoms with Gasteiger partial charge in [0.25, 0.3) is 0 Å². The summed E-state index contributed by atoms with van der Waals surface area (Å²) in [5.41, 5.74) is 0.571. The van der Waals surface area contributed by atoms with Gasteiger partial charge in [0.2, 0.25) is 0 Å². The van der Waals surface area contributed by atoms with Crippen LogP contribution in [0.2, 0.25) is 0 Å². The highest BCUT2D eigenvalue weighted by atomic mass is 79.9. The molecule has 1 spiro atoms. The van der Waals surface area contributed by atoms with Gasteiger partial charge in [-0.15, -0.1) is 0 Å². The van der Waals surface area contributed by atoms with Crippen molar-refractivity contribution in [2.75, 3.05) is 0 Å². The molecular weight excluding hydrogens is 464 g/mol. The summed E-state index contributed by atoms with van der Waals surface area (Å²) >= 11 is 11.1. The quantitative estimate of drug-likeness (QED) is 0.537. The highest BCUT2D eigenvalue weighted by Crippen LogP contribution is 2.61. The first-order valence-corrected chi connectivity index (χ1v) is 9.60. The molecule has 3 rings (SSSR count). The Kier molecular flexibility index (Phi) is 3.84. The van der Waals surface area contributed by atoms with Crippen LogP contribution in [0.1, 0.15) is 32.8 Å². The van der Waals surface area contributed by atoms with E-state index in [4.69, 9.17) is 4.74 Å². The second-order valence-electron chi connectivity index (χ2n) is 6.87. The van der Waals surface area contributed by atoms with Crippen molar-refractivity contribution in [3.8, 4) is 5.75 Å². The van der Waals surface area contributed by atoms with Gasteiger partial charge in [0.05, 0.1) is 10.4 Å². The van der Waals surface area contributed by atoms with Crippen LogP contribution < -0.4 is 4.74 Å². The molecule has 0 bridgehead atoms. The smallest absolute Gasteiger partial charge is 0.137 e. The Morgan fingerprint density at radius 1 is 1.29 bits per heavy atom. The lowest BCUT2D eigenvalue weighted by atomic mass is 9.58. The van der Waals surface area contributed by atoms with Gasteiger partial charge in [-0.3, -0.25) is 0 Å². The maximum absolute atomic E-state index is 10.6. The molecule has 2 nitrogen and oxygen atoms in total. The number of halogens is 3. The molecule has 1 N–H and O–H groups in total. The largest absolute Gasteiger partial charge is 0.484 e. The minimum absolute atomic E-state index is 0.129. The van der Waals surface area contributed by atoms with Crippen LogP contribution in [0.3, 0.4) is 0 Å². The molecule has 0 amide bonds. The molecule has 4 atom stereocenters. The monoisotopic (exact) mass is 480 g/mol. The molecule has 5 heteroatoms. The van der Waals surface area contributed by atoms with E-state index in [9.17, 15) is 5.11 Å². The van der Waals surface area contributed by atoms with Crippen molar-refractivity contribution in [1.29, 1.82) is 0 Å². The first-order valence-electron chi connectivity index (χ1n) is 7.10. The average Bonchev–Trinajstić information content (AvgIpc) is 2.77. The number of ether oxygens (including phenoxy) is 1. The number of benzene rings is 1. The van der Waals surface area contributed by atoms with Gasteiger partial charge in [0.1, 0.15) is 11.4 Å². The fourth-order valence-corrected chi connectivity index (χ4v) is 5.83. The molecule has 1 heterocycles. The number of aliphatic hydroxyl groups is 1. The van der Waals surface area contributed by atoms with Gasteiger partial charge >= 0.3 is 0 Å². The van der Waals surface area contributed by atoms with Gasteiger partial charge in [-0.25, -0.2) is 0 Å². The normalized spacial score (nSPS) is 40.9. The summed E-state index contributed by atoms with van der Waals surface area (Å²) in [7, 11) is 0. The number of hydrogen-bond donors (Lipinski definition) is 1. The molecule has 116 valence electrons. The number of rotatable bonds is 0. The van der Waals surface area contributed by atoms with Crippen molar-refractivity contribution in [3.63, 3.8) is 0 Å². The predicted octanol–water partition coefficient (Wildman–Crippen LogP) is 4.83. The van der Waals surface area contributed by atoms with Crippen LogP contribution in [0.4, 0.5) is 0 Å². The van der Waals surface area contributed by atoms with Crippen molar-refractivity contribution in [3.05, 3.63) is 28.2 Å². The van der Waals surface area contributed by atoms with Gasteiger partial charge in [-0.1, -0.05) is 61.6 Å². The summed E-state index contributed by atoms with van der Waals surface area (Å²) in [5, 5.41) is 10.6. The first kappa shape index (κ1) is 16.3. The summed E-state index contributed by atoms with van der Waals surface area (Å²) in [4.78, 5) is 0.198. The number of hydrogen-bond acceptors (Lipinski definition) is 2. The van der Waals surface area contributed by atoms with Crippen LogP contribution >= 0.6 is 47.8 Å². The molecule has 1 aliphatic heterocycles. The summed E-state index contributed by atoms with van der Waals surface area (Å²) < 4.78 is 7.06. The SMILES string of the molecule is CC1(C)C(Br)CC(O)C(C)(Br)C12Cc1cc(Br)ccc1O2. The van der Waals surface area contributed by atoms with Crippen molar-refractivity contribution >= 4 is 47.8 Å². The highest BCUT2D eigenvalue weighted by Gasteiger charge is 2.68. The Balaban J connectivity index is 2.14. The Hall–Kier alpha value is 0.420. The maximum atomic E-state index is 10.6. The molecular formula is C16H19Br3O2. The van der Waals surface area contributed by atoms with Crippen LogP contribution in [0.5, 0.6) is 5.75 Å². The second kappa shape index (κ2) is 4.96. The number of alkyl halides is 2. The molecule has 1 saturated carbocycles. The maximum Gasteiger partial charge on any atom is 0.137 e. The van der Waals surface area contributed by atoms with E-state index in [1.54, 1.807) is 0 Å². The first-order chi connectivity index (χ1) is 9.62. The lowest BCUT2D eigenvalue weighted by molar-refractivity contribution is -0.116. The topological polar surface area (TPSA) is 29.5 Å². The zero-order chi connectivity index (χ0) is 15.6. The van der Waals surface area contributed by atoms with E-state index in [0.29, 0.717) is 6.42 Å². The van der Waals surface area contributed by atoms with Crippen molar-refractivity contribution in [2.45, 2.75) is 54.5 Å². The zero-order valence-electron chi connectivity index (χ0n) is 12.3. The summed E-state index contributed by atoms with van der Waals surface area (Å²) in [5.74, 6) is 0.922. The molecule has 4 unspecified atom stereocenters. The predicted molar refractivity (Wildman–Crippen MR) is 95.7 cm³/mol. The second-order valence-corrected chi connectivity index (χ2v) is 10.5. The van der Waals surface area contributed by atoms with Crippen LogP contribution in [0.25, 0.3) is 0 Å². The third-order valence-corrected chi connectivity index (χ3v) is 8.60. The van der Waals surface area contributed by atoms with Crippen molar-refractivity contribution < 1.29 is 9.84 Å². The Morgan fingerprint density at radius 3 is 2.62 bits per heavy atom. The van der Waals surface area contributed by atoms with Gasteiger partial charge in [-0.05, 0) is 37.1 Å². The molecule has 1 aromatic carbocycles. The third kappa shape index (κ3) is 2.10. The minimum atomic E-state index is -0.501. The lowest BCUT2D eigenvalue weighted by Crippen LogP contribution is -2.71. The van der Waals surface area contributed by atoms with Crippen LogP contribution in [-0.2, 0) is 6.42 Å². The zero-order valence-corrected chi connectivity index (χ0v) is 17.0. The summed E-state index contributed by atoms with van der Waals surface area (Å²) in [6, 6.07) is 6.13. The van der Waals surface area contributed by atoms with E-state index in [-0.39, 0.29) is 10.2 Å². The van der Waals surface area contributed by atoms with E-state index < -0.39 is 16.0 Å². The van der Waals surface area contributed by atoms with Gasteiger partial charge in [0, 0.05) is 21.1 Å². The van der Waals surface area contributed by atoms with Gasteiger partial charge in [-0.2, -0.15) is 0 Å². The lowest BCUT2D eigenvalue weighted by Gasteiger charge is -2.59. The molecule has 1 fully saturated rings. The van der Waals surface area contributed by atoms with Crippen molar-refractivity contribution in [1.82, 2.24) is 0 Å². The number of fused-ring (bicyclic) bond motifs is 1. The molecule has 0 saturated heterocycles. The highest BCUT2D eigenvalue weighted by molar-refractivity contribution is 9.10. The van der Waals surface area contributed by atoms with E-state index in [0.717, 1.165) is 16.6 Å². The Morgan fingerprint density at radius 2 is 1.95 bits per heavy atom. The number of aliphatic hydroxyl groups excluding tert-OH is 1. The van der Waals surface area contributed by atoms with Gasteiger partial charge < -0.3 is 9.84 Å². The minimum Gasteiger partial charge on any atom is -0.484 e. The van der Waals surface area contributed by atoms with E-state index in [2.05, 4.69) is 74.6 Å². The molecule has 21 heavy (non-hydrogen) atoms. The molecule has 0 radical (unpaired) electrons. The summed E-state index contributed by atoms with van der Waals surface area (Å²) in [6.07, 6.45) is 1.03. The Labute approximate surface area is 151 Å². The Bertz CT molecular complexity index is 563. The third-order valence-electron chi connectivity index (χ3n) is 5.42. The molecule has 0 aromatic heterocycles. The average molecular weight is 483 g/mol. The molecule has 1 aliphatic carbocycles. The fraction of sp³-hybridized carbons (Fsp3) is 0.625. The van der Waals surface area contributed by atoms with Gasteiger partial charge in [0.15, 0.2) is 0 Å². The van der Waals surface area contributed by atoms with E-state index >= 15 is 0 Å². The van der Waals surface area contributed by atoms with E-state index in [1.165, 1.54) is 5.56 Å². The molecule has 1 aromatic rings. The summed E-state index contributed by atoms with van der Waals surface area (Å²) in [6.45, 7) is 6.50. The van der Waals surface area contributed by atoms with Crippen molar-refractivity contribution in [2.24, 2.45) is 5.41 Å². The van der Waals surface area contributed by atoms with Crippen LogP contribution in [0, 0.1) is 5.41 Å².